The lowest BCUT2D eigenvalue weighted by Gasteiger charge is -2.39. The van der Waals surface area contributed by atoms with E-state index in [1.807, 2.05) is 107 Å². The van der Waals surface area contributed by atoms with Crippen molar-refractivity contribution >= 4 is 23.9 Å². The summed E-state index contributed by atoms with van der Waals surface area (Å²) >= 11 is 0. The van der Waals surface area contributed by atoms with E-state index in [1.54, 1.807) is 22.2 Å². The Kier molecular flexibility index (Phi) is 14.4. The van der Waals surface area contributed by atoms with Gasteiger partial charge < -0.3 is 35.6 Å². The molecule has 0 spiro atoms. The maximum atomic E-state index is 14.6. The molecule has 0 radical (unpaired) electrons. The first-order chi connectivity index (χ1) is 25.2. The number of ether oxygens (including phenoxy) is 1. The number of nitrogens with one attached hydrogen (secondary N) is 3. The first-order valence-electron chi connectivity index (χ1n) is 18.3. The van der Waals surface area contributed by atoms with Crippen LogP contribution in [0.3, 0.4) is 0 Å². The molecule has 3 aromatic rings. The Balaban J connectivity index is 1.56. The minimum Gasteiger partial charge on any atom is -0.453 e. The molecular weight excluding hydrogens is 672 g/mol. The third-order valence-electron chi connectivity index (χ3n) is 9.54. The van der Waals surface area contributed by atoms with Crippen molar-refractivity contribution in [2.75, 3.05) is 33.3 Å². The normalized spacial score (nSPS) is 15.6. The van der Waals surface area contributed by atoms with E-state index >= 15 is 0 Å². The van der Waals surface area contributed by atoms with Crippen molar-refractivity contribution in [1.82, 2.24) is 30.7 Å². The van der Waals surface area contributed by atoms with Crippen LogP contribution in [0.2, 0.25) is 0 Å². The Hall–Kier alpha value is -4.97. The number of benzene rings is 2. The minimum absolute atomic E-state index is 0.0326. The molecular formula is C41H56N6O6. The smallest absolute Gasteiger partial charge is 0.406 e. The zero-order valence-electron chi connectivity index (χ0n) is 31.9. The van der Waals surface area contributed by atoms with Gasteiger partial charge in [0.05, 0.1) is 13.2 Å². The molecule has 1 aromatic heterocycles. The number of methoxy groups -OCH3 is 1. The average molecular weight is 729 g/mol. The summed E-state index contributed by atoms with van der Waals surface area (Å²) in [7, 11) is 1.28. The van der Waals surface area contributed by atoms with E-state index in [-0.39, 0.29) is 49.7 Å². The first-order valence-corrected chi connectivity index (χ1v) is 18.3. The average Bonchev–Trinajstić information content (AvgIpc) is 3.47. The van der Waals surface area contributed by atoms with Gasteiger partial charge in [-0.15, -0.1) is 0 Å². The highest BCUT2D eigenvalue weighted by molar-refractivity contribution is 5.89. The molecule has 53 heavy (non-hydrogen) atoms. The Bertz CT molecular complexity index is 1630. The Morgan fingerprint density at radius 2 is 1.57 bits per heavy atom. The molecule has 4 N–H and O–H groups in total. The highest BCUT2D eigenvalue weighted by Gasteiger charge is 2.44. The van der Waals surface area contributed by atoms with E-state index in [0.29, 0.717) is 26.1 Å². The van der Waals surface area contributed by atoms with Gasteiger partial charge in [-0.25, -0.2) is 9.59 Å². The summed E-state index contributed by atoms with van der Waals surface area (Å²) in [4.78, 5) is 60.6. The van der Waals surface area contributed by atoms with Crippen molar-refractivity contribution < 1.29 is 29.0 Å². The Morgan fingerprint density at radius 3 is 2.19 bits per heavy atom. The van der Waals surface area contributed by atoms with Crippen LogP contribution in [0.4, 0.5) is 9.59 Å². The van der Waals surface area contributed by atoms with Gasteiger partial charge in [-0.3, -0.25) is 14.6 Å². The predicted octanol–water partition coefficient (Wildman–Crippen LogP) is 4.88. The van der Waals surface area contributed by atoms with Crippen LogP contribution in [0.25, 0.3) is 0 Å². The fraction of sp³-hybridized carbons (Fsp3) is 0.488. The van der Waals surface area contributed by atoms with Crippen molar-refractivity contribution in [3.05, 3.63) is 102 Å². The quantitative estimate of drug-likeness (QED) is 0.155. The summed E-state index contributed by atoms with van der Waals surface area (Å²) in [5.41, 5.74) is 1.80. The molecule has 286 valence electrons. The van der Waals surface area contributed by atoms with Crippen molar-refractivity contribution in [3.63, 3.8) is 0 Å². The number of aromatic nitrogens is 1. The molecule has 0 saturated carbocycles. The number of carbonyl (C=O) groups excluding carboxylic acids is 4. The SMILES string of the molecule is COC(=O)NCC(C)(C)CC(=O)NCC(O)CC(NC(=O)C(N1CCN(Cc2cccnc2)C1=O)C(C)(C)C)C(Cc1ccccc1)c1ccccc1. The standard InChI is InChI=1S/C41H56N6O6/c1-40(2,3)36(47-21-20-46(39(47)52)27-30-16-13-19-42-25-30)37(50)45-34(33(31-17-11-8-12-18-31)22-29-14-9-7-10-15-29)23-32(48)26-43-35(49)24-41(4,5)28-44-38(51)53-6/h7-19,25,32-34,36,48H,20-24,26-28H2,1-6H3,(H,43,49)(H,44,51)(H,45,50). The molecule has 1 aliphatic rings. The lowest BCUT2D eigenvalue weighted by molar-refractivity contribution is -0.130. The number of hydrogen-bond acceptors (Lipinski definition) is 7. The van der Waals surface area contributed by atoms with Gasteiger partial charge in [-0.1, -0.05) is 101 Å². The summed E-state index contributed by atoms with van der Waals surface area (Å²) in [6, 6.07) is 22.1. The van der Waals surface area contributed by atoms with Crippen LogP contribution >= 0.6 is 0 Å². The number of alkyl carbamates (subject to hydrolysis) is 1. The topological polar surface area (TPSA) is 153 Å². The lowest BCUT2D eigenvalue weighted by Crippen LogP contribution is -2.57. The maximum absolute atomic E-state index is 14.6. The number of nitrogens with zero attached hydrogens (tertiary/aromatic N) is 3. The van der Waals surface area contributed by atoms with Crippen LogP contribution < -0.4 is 16.0 Å². The molecule has 0 aliphatic carbocycles. The van der Waals surface area contributed by atoms with Crippen molar-refractivity contribution in [3.8, 4) is 0 Å². The largest absolute Gasteiger partial charge is 0.453 e. The number of amides is 5. The summed E-state index contributed by atoms with van der Waals surface area (Å²) in [6.45, 7) is 11.0. The van der Waals surface area contributed by atoms with Gasteiger partial charge in [-0.05, 0) is 46.4 Å². The van der Waals surface area contributed by atoms with Crippen LogP contribution in [0, 0.1) is 10.8 Å². The van der Waals surface area contributed by atoms with Gasteiger partial charge in [-0.2, -0.15) is 0 Å². The van der Waals surface area contributed by atoms with E-state index < -0.39 is 35.1 Å². The maximum Gasteiger partial charge on any atom is 0.406 e. The van der Waals surface area contributed by atoms with Crippen molar-refractivity contribution in [1.29, 1.82) is 0 Å². The van der Waals surface area contributed by atoms with Gasteiger partial charge in [0.1, 0.15) is 6.04 Å². The Morgan fingerprint density at radius 1 is 0.906 bits per heavy atom. The second-order valence-corrected chi connectivity index (χ2v) is 15.7. The molecule has 1 fully saturated rings. The van der Waals surface area contributed by atoms with E-state index in [2.05, 4.69) is 25.7 Å². The summed E-state index contributed by atoms with van der Waals surface area (Å²) in [5.74, 6) is -0.821. The molecule has 2 aromatic carbocycles. The number of rotatable bonds is 17. The lowest BCUT2D eigenvalue weighted by atomic mass is 9.81. The van der Waals surface area contributed by atoms with Gasteiger partial charge in [0.2, 0.25) is 11.8 Å². The zero-order valence-corrected chi connectivity index (χ0v) is 31.9. The molecule has 4 rings (SSSR count). The van der Waals surface area contributed by atoms with Crippen LogP contribution in [0.15, 0.2) is 85.2 Å². The number of hydrogen-bond donors (Lipinski definition) is 4. The van der Waals surface area contributed by atoms with Crippen molar-refractivity contribution in [2.24, 2.45) is 10.8 Å². The molecule has 12 nitrogen and oxygen atoms in total. The third-order valence-corrected chi connectivity index (χ3v) is 9.54. The van der Waals surface area contributed by atoms with Gasteiger partial charge in [0.25, 0.3) is 0 Å². The van der Waals surface area contributed by atoms with Crippen molar-refractivity contribution in [2.45, 2.75) is 84.5 Å². The summed E-state index contributed by atoms with van der Waals surface area (Å²) in [5, 5.41) is 20.2. The molecule has 5 amide bonds. The van der Waals surface area contributed by atoms with Crippen LogP contribution in [-0.2, 0) is 27.3 Å². The van der Waals surface area contributed by atoms with E-state index in [1.165, 1.54) is 7.11 Å². The van der Waals surface area contributed by atoms with Crippen LogP contribution in [-0.4, -0.2) is 95.3 Å². The number of aliphatic hydroxyl groups excluding tert-OH is 1. The third kappa shape index (κ3) is 12.3. The second kappa shape index (κ2) is 18.7. The van der Waals surface area contributed by atoms with Crippen LogP contribution in [0.1, 0.15) is 70.1 Å². The number of carbonyl (C=O) groups is 4. The summed E-state index contributed by atoms with van der Waals surface area (Å²) in [6.07, 6.45) is 2.69. The molecule has 0 bridgehead atoms. The predicted molar refractivity (Wildman–Crippen MR) is 204 cm³/mol. The van der Waals surface area contributed by atoms with E-state index in [4.69, 9.17) is 0 Å². The second-order valence-electron chi connectivity index (χ2n) is 15.7. The zero-order chi connectivity index (χ0) is 38.6. The Labute approximate surface area is 313 Å². The summed E-state index contributed by atoms with van der Waals surface area (Å²) < 4.78 is 4.64. The van der Waals surface area contributed by atoms with E-state index in [9.17, 15) is 24.3 Å². The van der Waals surface area contributed by atoms with E-state index in [0.717, 1.165) is 16.7 Å². The fourth-order valence-corrected chi connectivity index (χ4v) is 6.90. The highest BCUT2D eigenvalue weighted by atomic mass is 16.5. The molecule has 4 unspecified atom stereocenters. The molecule has 2 heterocycles. The van der Waals surface area contributed by atoms with Gasteiger partial charge in [0, 0.05) is 63.5 Å². The minimum atomic E-state index is -1.00. The number of aliphatic hydroxyl groups is 1. The van der Waals surface area contributed by atoms with Gasteiger partial charge in [0.15, 0.2) is 0 Å². The molecule has 12 heteroatoms. The number of urea groups is 1. The first kappa shape index (κ1) is 40.8. The molecule has 1 saturated heterocycles. The molecule has 1 aliphatic heterocycles. The van der Waals surface area contributed by atoms with Gasteiger partial charge >= 0.3 is 12.1 Å². The van der Waals surface area contributed by atoms with Crippen LogP contribution in [0.5, 0.6) is 0 Å². The number of pyridine rings is 1. The fourth-order valence-electron chi connectivity index (χ4n) is 6.90. The highest BCUT2D eigenvalue weighted by Crippen LogP contribution is 2.31. The molecule has 4 atom stereocenters. The monoisotopic (exact) mass is 728 g/mol.